The molecule has 4 aromatic rings. The molecule has 0 N–H and O–H groups in total. The molecule has 1 aliphatic carbocycles. The lowest BCUT2D eigenvalue weighted by Crippen LogP contribution is -2.24. The number of hydrogen-bond donors (Lipinski definition) is 0. The molecule has 0 aliphatic heterocycles. The van der Waals surface area contributed by atoms with Gasteiger partial charge < -0.3 is 0 Å². The Kier molecular flexibility index (Phi) is 2.55. The lowest BCUT2D eigenvalue weighted by molar-refractivity contribution is 0.648. The van der Waals surface area contributed by atoms with Gasteiger partial charge in [-0.15, -0.1) is 0 Å². The molecular weight excluding hydrogens is 290 g/mol. The van der Waals surface area contributed by atoms with Crippen LogP contribution in [0.15, 0.2) is 60.8 Å². The van der Waals surface area contributed by atoms with Crippen LogP contribution >= 0.6 is 0 Å². The number of nitrogens with zero attached hydrogens (tertiary/aromatic N) is 1. The van der Waals surface area contributed by atoms with Crippen LogP contribution in [0.4, 0.5) is 0 Å². The van der Waals surface area contributed by atoms with Gasteiger partial charge in [0.2, 0.25) is 0 Å². The number of hydrogen-bond acceptors (Lipinski definition) is 1. The Labute approximate surface area is 142 Å². The quantitative estimate of drug-likeness (QED) is 0.388. The molecule has 0 bridgehead atoms. The van der Waals surface area contributed by atoms with Crippen molar-refractivity contribution in [1.29, 1.82) is 0 Å². The normalized spacial score (nSPS) is 14.8. The third kappa shape index (κ3) is 1.62. The minimum absolute atomic E-state index is 0.0645. The average molecular weight is 309 g/mol. The summed E-state index contributed by atoms with van der Waals surface area (Å²) < 4.78 is 0. The molecule has 0 unspecified atom stereocenters. The molecule has 1 aromatic heterocycles. The molecule has 0 spiro atoms. The molecular formula is C23H19N. The van der Waals surface area contributed by atoms with E-state index in [-0.39, 0.29) is 5.41 Å². The zero-order valence-electron chi connectivity index (χ0n) is 14.2. The van der Waals surface area contributed by atoms with Crippen LogP contribution < -0.4 is 0 Å². The fourth-order valence-electron chi connectivity index (χ4n) is 4.37. The second-order valence-corrected chi connectivity index (χ2v) is 7.41. The maximum absolute atomic E-state index is 4.91. The Morgan fingerprint density at radius 2 is 1.67 bits per heavy atom. The number of rotatable bonds is 0. The molecule has 5 rings (SSSR count). The van der Waals surface area contributed by atoms with Crippen LogP contribution in [0.25, 0.3) is 32.8 Å². The molecule has 1 aliphatic rings. The predicted molar refractivity (Wildman–Crippen MR) is 102 cm³/mol. The highest BCUT2D eigenvalue weighted by Gasteiger charge is 2.35. The van der Waals surface area contributed by atoms with Gasteiger partial charge in [-0.3, -0.25) is 4.98 Å². The molecule has 24 heavy (non-hydrogen) atoms. The van der Waals surface area contributed by atoms with E-state index < -0.39 is 0 Å². The molecule has 0 atom stereocenters. The topological polar surface area (TPSA) is 12.9 Å². The van der Waals surface area contributed by atoms with Gasteiger partial charge in [0.05, 0.1) is 5.69 Å². The Morgan fingerprint density at radius 3 is 2.50 bits per heavy atom. The second kappa shape index (κ2) is 4.45. The molecule has 1 heterocycles. The van der Waals surface area contributed by atoms with Crippen LogP contribution in [0, 0.1) is 6.92 Å². The van der Waals surface area contributed by atoms with E-state index in [0.717, 1.165) is 5.69 Å². The molecule has 3 aromatic carbocycles. The highest BCUT2D eigenvalue weighted by molar-refractivity contribution is 6.05. The molecule has 0 amide bonds. The molecule has 1 nitrogen and oxygen atoms in total. The summed E-state index contributed by atoms with van der Waals surface area (Å²) in [7, 11) is 0. The minimum Gasteiger partial charge on any atom is -0.255 e. The van der Waals surface area contributed by atoms with Crippen LogP contribution in [0.2, 0.25) is 0 Å². The SMILES string of the molecule is Cc1ccc2c3c(ncc2c1)-c1cccc2cccc(c12)C3(C)C. The summed E-state index contributed by atoms with van der Waals surface area (Å²) in [5.41, 5.74) is 6.37. The van der Waals surface area contributed by atoms with Crippen molar-refractivity contribution in [3.05, 3.63) is 77.5 Å². The fraction of sp³-hybridized carbons (Fsp3) is 0.174. The van der Waals surface area contributed by atoms with Gasteiger partial charge in [0, 0.05) is 22.6 Å². The van der Waals surface area contributed by atoms with E-state index in [9.17, 15) is 0 Å². The van der Waals surface area contributed by atoms with Gasteiger partial charge in [0.25, 0.3) is 0 Å². The van der Waals surface area contributed by atoms with Crippen molar-refractivity contribution in [3.63, 3.8) is 0 Å². The lowest BCUT2D eigenvalue weighted by atomic mass is 9.68. The summed E-state index contributed by atoms with van der Waals surface area (Å²) in [6.45, 7) is 6.80. The van der Waals surface area contributed by atoms with Crippen LogP contribution in [-0.4, -0.2) is 4.98 Å². The second-order valence-electron chi connectivity index (χ2n) is 7.41. The van der Waals surface area contributed by atoms with Crippen LogP contribution in [0.5, 0.6) is 0 Å². The first-order chi connectivity index (χ1) is 11.6. The maximum atomic E-state index is 4.91. The molecule has 0 fully saturated rings. The summed E-state index contributed by atoms with van der Waals surface area (Å²) >= 11 is 0. The van der Waals surface area contributed by atoms with Crippen molar-refractivity contribution in [1.82, 2.24) is 4.98 Å². The third-order valence-electron chi connectivity index (χ3n) is 5.50. The number of fused-ring (bicyclic) bond motifs is 4. The van der Waals surface area contributed by atoms with Crippen molar-refractivity contribution < 1.29 is 0 Å². The number of aromatic nitrogens is 1. The fourth-order valence-corrected chi connectivity index (χ4v) is 4.37. The number of aryl methyl sites for hydroxylation is 1. The van der Waals surface area contributed by atoms with Gasteiger partial charge in [-0.05, 0) is 40.3 Å². The van der Waals surface area contributed by atoms with E-state index in [4.69, 9.17) is 4.98 Å². The zero-order valence-corrected chi connectivity index (χ0v) is 14.2. The van der Waals surface area contributed by atoms with Crippen molar-refractivity contribution in [2.45, 2.75) is 26.2 Å². The van der Waals surface area contributed by atoms with Crippen molar-refractivity contribution >= 4 is 21.5 Å². The maximum Gasteiger partial charge on any atom is 0.0755 e. The Bertz CT molecular complexity index is 1130. The van der Waals surface area contributed by atoms with Gasteiger partial charge >= 0.3 is 0 Å². The van der Waals surface area contributed by atoms with Gasteiger partial charge in [0.1, 0.15) is 0 Å². The van der Waals surface area contributed by atoms with E-state index in [1.807, 2.05) is 6.20 Å². The zero-order chi connectivity index (χ0) is 16.5. The standard InChI is InChI=1S/C23H19N/c1-14-10-11-17-16(12-14)13-24-22-18-8-4-6-15-7-5-9-19(20(15)18)23(2,3)21(17)22/h4-13H,1-3H3. The highest BCUT2D eigenvalue weighted by Crippen LogP contribution is 2.49. The van der Waals surface area contributed by atoms with Crippen LogP contribution in [0.3, 0.4) is 0 Å². The van der Waals surface area contributed by atoms with E-state index in [1.54, 1.807) is 0 Å². The third-order valence-corrected chi connectivity index (χ3v) is 5.50. The summed E-state index contributed by atoms with van der Waals surface area (Å²) in [4.78, 5) is 4.91. The van der Waals surface area contributed by atoms with Crippen molar-refractivity contribution in [2.24, 2.45) is 0 Å². The highest BCUT2D eigenvalue weighted by atomic mass is 14.7. The molecule has 116 valence electrons. The summed E-state index contributed by atoms with van der Waals surface area (Å²) in [5.74, 6) is 0. The molecule has 0 saturated heterocycles. The molecule has 0 saturated carbocycles. The van der Waals surface area contributed by atoms with Crippen LogP contribution in [0.1, 0.15) is 30.5 Å². The lowest BCUT2D eigenvalue weighted by Gasteiger charge is -2.35. The largest absolute Gasteiger partial charge is 0.255 e. The van der Waals surface area contributed by atoms with E-state index in [1.165, 1.54) is 43.8 Å². The monoisotopic (exact) mass is 309 g/mol. The summed E-state index contributed by atoms with van der Waals surface area (Å²) in [6.07, 6.45) is 2.03. The van der Waals surface area contributed by atoms with Gasteiger partial charge in [-0.1, -0.05) is 67.9 Å². The number of benzene rings is 3. The average Bonchev–Trinajstić information content (AvgIpc) is 2.58. The summed E-state index contributed by atoms with van der Waals surface area (Å²) in [6, 6.07) is 19.9. The Hall–Kier alpha value is -2.67. The van der Waals surface area contributed by atoms with Crippen molar-refractivity contribution in [2.75, 3.05) is 0 Å². The van der Waals surface area contributed by atoms with E-state index >= 15 is 0 Å². The van der Waals surface area contributed by atoms with Gasteiger partial charge in [-0.2, -0.15) is 0 Å². The van der Waals surface area contributed by atoms with Crippen LogP contribution in [-0.2, 0) is 5.41 Å². The van der Waals surface area contributed by atoms with E-state index in [0.29, 0.717) is 0 Å². The first-order valence-corrected chi connectivity index (χ1v) is 8.50. The van der Waals surface area contributed by atoms with E-state index in [2.05, 4.69) is 75.4 Å². The number of pyridine rings is 1. The first kappa shape index (κ1) is 13.7. The Balaban J connectivity index is 2.03. The van der Waals surface area contributed by atoms with Gasteiger partial charge in [0.15, 0.2) is 0 Å². The molecule has 0 radical (unpaired) electrons. The smallest absolute Gasteiger partial charge is 0.0755 e. The first-order valence-electron chi connectivity index (χ1n) is 8.50. The summed E-state index contributed by atoms with van der Waals surface area (Å²) in [5, 5.41) is 5.21. The van der Waals surface area contributed by atoms with Gasteiger partial charge in [-0.25, -0.2) is 0 Å². The van der Waals surface area contributed by atoms with Crippen molar-refractivity contribution in [3.8, 4) is 11.3 Å². The minimum atomic E-state index is -0.0645. The Morgan fingerprint density at radius 1 is 0.875 bits per heavy atom. The predicted octanol–water partition coefficient (Wildman–Crippen LogP) is 6.00. The molecule has 1 heteroatoms.